The molecule has 1 aromatic rings. The molecule has 1 heterocycles. The predicted molar refractivity (Wildman–Crippen MR) is 60.9 cm³/mol. The van der Waals surface area contributed by atoms with Crippen LogP contribution < -0.4 is 4.90 Å². The van der Waals surface area contributed by atoms with Gasteiger partial charge in [-0.1, -0.05) is 15.9 Å². The van der Waals surface area contributed by atoms with Crippen molar-refractivity contribution in [1.29, 1.82) is 0 Å². The molecule has 1 fully saturated rings. The van der Waals surface area contributed by atoms with Crippen LogP contribution in [-0.2, 0) is 9.59 Å². The van der Waals surface area contributed by atoms with Gasteiger partial charge in [0.25, 0.3) is 5.91 Å². The van der Waals surface area contributed by atoms with Gasteiger partial charge in [-0.25, -0.2) is 0 Å². The molecular weight excluding hydrogens is 258 g/mol. The second-order valence-electron chi connectivity index (χ2n) is 3.56. The van der Waals surface area contributed by atoms with E-state index in [9.17, 15) is 9.59 Å². The highest BCUT2D eigenvalue weighted by Gasteiger charge is 2.30. The molecule has 1 aliphatic heterocycles. The van der Waals surface area contributed by atoms with Gasteiger partial charge in [0.05, 0.1) is 0 Å². The van der Waals surface area contributed by atoms with Gasteiger partial charge >= 0.3 is 0 Å². The van der Waals surface area contributed by atoms with E-state index in [1.165, 1.54) is 0 Å². The lowest BCUT2D eigenvalue weighted by molar-refractivity contribution is -0.133. The Morgan fingerprint density at radius 1 is 1.33 bits per heavy atom. The van der Waals surface area contributed by atoms with Crippen LogP contribution in [0.25, 0.3) is 0 Å². The van der Waals surface area contributed by atoms with Crippen LogP contribution in [0, 0.1) is 6.92 Å². The number of hydrogen-bond acceptors (Lipinski definition) is 2. The van der Waals surface area contributed by atoms with E-state index in [0.29, 0.717) is 13.0 Å². The molecule has 2 rings (SSSR count). The molecule has 0 aliphatic carbocycles. The van der Waals surface area contributed by atoms with Crippen molar-refractivity contribution in [1.82, 2.24) is 0 Å². The number of nitrogens with zero attached hydrogens (tertiary/aromatic N) is 1. The Morgan fingerprint density at radius 3 is 2.60 bits per heavy atom. The quantitative estimate of drug-likeness (QED) is 0.731. The van der Waals surface area contributed by atoms with Crippen LogP contribution in [0.3, 0.4) is 0 Å². The monoisotopic (exact) mass is 267 g/mol. The zero-order valence-corrected chi connectivity index (χ0v) is 9.87. The van der Waals surface area contributed by atoms with Gasteiger partial charge in [0.1, 0.15) is 0 Å². The molecule has 1 saturated heterocycles. The van der Waals surface area contributed by atoms with Gasteiger partial charge in [-0.05, 0) is 30.7 Å². The molecule has 0 spiro atoms. The summed E-state index contributed by atoms with van der Waals surface area (Å²) in [6.07, 6.45) is 0.328. The normalized spacial score (nSPS) is 16.3. The number of ketones is 1. The first-order chi connectivity index (χ1) is 7.09. The summed E-state index contributed by atoms with van der Waals surface area (Å²) < 4.78 is 0.974. The standard InChI is InChI=1S/C11H10BrNO2/c1-7-6-8(12)2-3-9(7)13-5-4-10(14)11(13)15/h2-3,6H,4-5H2,1H3. The summed E-state index contributed by atoms with van der Waals surface area (Å²) >= 11 is 3.36. The molecule has 0 saturated carbocycles. The fraction of sp³-hybridized carbons (Fsp3) is 0.273. The molecule has 0 aromatic heterocycles. The lowest BCUT2D eigenvalue weighted by Crippen LogP contribution is -2.27. The van der Waals surface area contributed by atoms with Gasteiger partial charge in [-0.15, -0.1) is 0 Å². The molecule has 4 heteroatoms. The van der Waals surface area contributed by atoms with E-state index in [-0.39, 0.29) is 11.7 Å². The van der Waals surface area contributed by atoms with E-state index >= 15 is 0 Å². The summed E-state index contributed by atoms with van der Waals surface area (Å²) in [6, 6.07) is 5.67. The number of rotatable bonds is 1. The minimum atomic E-state index is -0.388. The third-order valence-corrected chi connectivity index (χ3v) is 2.99. The number of Topliss-reactive ketones (excluding diaryl/α,β-unsaturated/α-hetero) is 1. The Bertz CT molecular complexity index is 442. The Hall–Kier alpha value is -1.16. The predicted octanol–water partition coefficient (Wildman–Crippen LogP) is 2.06. The highest BCUT2D eigenvalue weighted by atomic mass is 79.9. The molecule has 78 valence electrons. The SMILES string of the molecule is Cc1cc(Br)ccc1N1CCC(=O)C1=O. The van der Waals surface area contributed by atoms with Crippen LogP contribution in [-0.4, -0.2) is 18.2 Å². The van der Waals surface area contributed by atoms with Crippen molar-refractivity contribution in [3.8, 4) is 0 Å². The molecule has 1 amide bonds. The van der Waals surface area contributed by atoms with Gasteiger partial charge in [-0.3, -0.25) is 9.59 Å². The summed E-state index contributed by atoms with van der Waals surface area (Å²) in [4.78, 5) is 24.2. The minimum absolute atomic E-state index is 0.294. The zero-order valence-electron chi connectivity index (χ0n) is 8.29. The number of benzene rings is 1. The fourth-order valence-electron chi connectivity index (χ4n) is 1.72. The molecule has 0 atom stereocenters. The fourth-order valence-corrected chi connectivity index (χ4v) is 2.20. The van der Waals surface area contributed by atoms with Crippen molar-refractivity contribution >= 4 is 33.3 Å². The highest BCUT2D eigenvalue weighted by molar-refractivity contribution is 9.10. The van der Waals surface area contributed by atoms with E-state index in [1.54, 1.807) is 4.90 Å². The van der Waals surface area contributed by atoms with Crippen molar-refractivity contribution in [3.63, 3.8) is 0 Å². The first kappa shape index (κ1) is 10.4. The van der Waals surface area contributed by atoms with Crippen LogP contribution in [0.5, 0.6) is 0 Å². The third-order valence-electron chi connectivity index (χ3n) is 2.50. The van der Waals surface area contributed by atoms with Crippen molar-refractivity contribution in [2.45, 2.75) is 13.3 Å². The van der Waals surface area contributed by atoms with Crippen molar-refractivity contribution in [2.75, 3.05) is 11.4 Å². The van der Waals surface area contributed by atoms with Gasteiger partial charge in [0, 0.05) is 23.1 Å². The Labute approximate surface area is 96.2 Å². The van der Waals surface area contributed by atoms with E-state index in [4.69, 9.17) is 0 Å². The average Bonchev–Trinajstić information content (AvgIpc) is 2.49. The summed E-state index contributed by atoms with van der Waals surface area (Å²) in [5.74, 6) is -0.683. The Morgan fingerprint density at radius 2 is 2.07 bits per heavy atom. The molecule has 1 aromatic carbocycles. The van der Waals surface area contributed by atoms with E-state index in [2.05, 4.69) is 15.9 Å². The molecule has 0 bridgehead atoms. The van der Waals surface area contributed by atoms with Crippen LogP contribution in [0.4, 0.5) is 5.69 Å². The molecule has 0 radical (unpaired) electrons. The Kier molecular flexibility index (Phi) is 2.61. The van der Waals surface area contributed by atoms with E-state index in [0.717, 1.165) is 15.7 Å². The number of carbonyl (C=O) groups excluding carboxylic acids is 2. The molecule has 0 N–H and O–H groups in total. The largest absolute Gasteiger partial charge is 0.305 e. The van der Waals surface area contributed by atoms with Crippen molar-refractivity contribution in [2.24, 2.45) is 0 Å². The molecule has 3 nitrogen and oxygen atoms in total. The zero-order chi connectivity index (χ0) is 11.0. The minimum Gasteiger partial charge on any atom is -0.305 e. The third kappa shape index (κ3) is 1.81. The maximum atomic E-state index is 11.5. The van der Waals surface area contributed by atoms with Crippen LogP contribution in [0.2, 0.25) is 0 Å². The van der Waals surface area contributed by atoms with Crippen LogP contribution >= 0.6 is 15.9 Å². The lowest BCUT2D eigenvalue weighted by atomic mass is 10.2. The van der Waals surface area contributed by atoms with E-state index < -0.39 is 0 Å². The highest BCUT2D eigenvalue weighted by Crippen LogP contribution is 2.26. The summed E-state index contributed by atoms with van der Waals surface area (Å²) in [6.45, 7) is 2.43. The second-order valence-corrected chi connectivity index (χ2v) is 4.48. The van der Waals surface area contributed by atoms with Gasteiger partial charge in [0.15, 0.2) is 0 Å². The smallest absolute Gasteiger partial charge is 0.294 e. The lowest BCUT2D eigenvalue weighted by Gasteiger charge is -2.17. The number of hydrogen-bond donors (Lipinski definition) is 0. The maximum absolute atomic E-state index is 11.5. The first-order valence-corrected chi connectivity index (χ1v) is 5.50. The number of aryl methyl sites for hydroxylation is 1. The number of amides is 1. The molecule has 1 aliphatic rings. The Balaban J connectivity index is 2.38. The second kappa shape index (κ2) is 3.77. The van der Waals surface area contributed by atoms with Crippen molar-refractivity contribution in [3.05, 3.63) is 28.2 Å². The maximum Gasteiger partial charge on any atom is 0.294 e. The number of halogens is 1. The topological polar surface area (TPSA) is 37.4 Å². The number of carbonyl (C=O) groups is 2. The molecule has 15 heavy (non-hydrogen) atoms. The van der Waals surface area contributed by atoms with Gasteiger partial charge in [0.2, 0.25) is 5.78 Å². The molecular formula is C11H10BrNO2. The van der Waals surface area contributed by atoms with Crippen molar-refractivity contribution < 1.29 is 9.59 Å². The summed E-state index contributed by atoms with van der Waals surface area (Å²) in [5, 5.41) is 0. The van der Waals surface area contributed by atoms with E-state index in [1.807, 2.05) is 25.1 Å². The summed E-state index contributed by atoms with van der Waals surface area (Å²) in [5.41, 5.74) is 1.82. The van der Waals surface area contributed by atoms with Crippen LogP contribution in [0.1, 0.15) is 12.0 Å². The first-order valence-electron chi connectivity index (χ1n) is 4.70. The number of anilines is 1. The van der Waals surface area contributed by atoms with Gasteiger partial charge < -0.3 is 4.90 Å². The summed E-state index contributed by atoms with van der Waals surface area (Å²) in [7, 11) is 0. The van der Waals surface area contributed by atoms with Gasteiger partial charge in [-0.2, -0.15) is 0 Å². The molecule has 0 unspecified atom stereocenters. The average molecular weight is 268 g/mol. The van der Waals surface area contributed by atoms with Crippen LogP contribution in [0.15, 0.2) is 22.7 Å².